The average molecular weight is 532 g/mol. The lowest BCUT2D eigenvalue weighted by molar-refractivity contribution is 0.529. The molecule has 2 heterocycles. The van der Waals surface area contributed by atoms with Crippen LogP contribution in [0.15, 0.2) is 101 Å². The lowest BCUT2D eigenvalue weighted by atomic mass is 9.94. The number of anilines is 1. The molecule has 172 valence electrons. The van der Waals surface area contributed by atoms with Crippen LogP contribution in [0.4, 0.5) is 5.82 Å². The van der Waals surface area contributed by atoms with Crippen molar-refractivity contribution in [2.75, 3.05) is 4.31 Å². The third-order valence-electron chi connectivity index (χ3n) is 5.82. The van der Waals surface area contributed by atoms with Gasteiger partial charge in [-0.1, -0.05) is 77.3 Å². The van der Waals surface area contributed by atoms with E-state index in [1.54, 1.807) is 72.8 Å². The van der Waals surface area contributed by atoms with E-state index in [4.69, 9.17) is 34.8 Å². The van der Waals surface area contributed by atoms with Crippen molar-refractivity contribution >= 4 is 50.6 Å². The number of hydrogen-bond acceptors (Lipinski definition) is 3. The molecule has 9 heteroatoms. The molecule has 0 N–H and O–H groups in total. The largest absolute Gasteiger partial charge is 0.284 e. The van der Waals surface area contributed by atoms with Crippen molar-refractivity contribution in [3.05, 3.63) is 128 Å². The Balaban J connectivity index is 1.83. The Bertz CT molecular complexity index is 1540. The molecular formula is C25H17Cl3N2O3S. The first-order chi connectivity index (χ1) is 16.3. The first-order valence-electron chi connectivity index (χ1n) is 10.3. The minimum Gasteiger partial charge on any atom is -0.284 e. The lowest BCUT2D eigenvalue weighted by Gasteiger charge is -2.29. The molecule has 0 radical (unpaired) electrons. The number of aromatic nitrogens is 1. The van der Waals surface area contributed by atoms with Gasteiger partial charge >= 0.3 is 0 Å². The van der Waals surface area contributed by atoms with E-state index in [0.717, 1.165) is 5.56 Å². The van der Waals surface area contributed by atoms with E-state index in [2.05, 4.69) is 0 Å². The molecule has 0 amide bonds. The van der Waals surface area contributed by atoms with Crippen LogP contribution < -0.4 is 9.86 Å². The minimum absolute atomic E-state index is 0.0461. The van der Waals surface area contributed by atoms with E-state index in [9.17, 15) is 13.2 Å². The second-order valence-electron chi connectivity index (χ2n) is 7.82. The van der Waals surface area contributed by atoms with Gasteiger partial charge in [0.2, 0.25) is 0 Å². The summed E-state index contributed by atoms with van der Waals surface area (Å²) in [5.74, 6) is 0.243. The third-order valence-corrected chi connectivity index (χ3v) is 8.61. The van der Waals surface area contributed by atoms with Crippen LogP contribution in [0.5, 0.6) is 0 Å². The van der Waals surface area contributed by atoms with Crippen LogP contribution in [0.2, 0.25) is 15.1 Å². The summed E-state index contributed by atoms with van der Waals surface area (Å²) in [5, 5.41) is 1.14. The summed E-state index contributed by atoms with van der Waals surface area (Å²) in [5.41, 5.74) is 1.08. The first kappa shape index (κ1) is 23.0. The Labute approximate surface area is 211 Å². The van der Waals surface area contributed by atoms with Crippen molar-refractivity contribution < 1.29 is 8.42 Å². The SMILES string of the molecule is O=c1cccc2n1[C@H](c1ccc(Cl)cc1)[C@H](c1ccc(Cl)cc1)N2S(=O)(=O)c1ccccc1Cl. The van der Waals surface area contributed by atoms with E-state index < -0.39 is 22.1 Å². The predicted octanol–water partition coefficient (Wildman–Crippen LogP) is 6.35. The highest BCUT2D eigenvalue weighted by Gasteiger charge is 2.47. The Kier molecular flexibility index (Phi) is 5.94. The maximum Gasteiger partial charge on any atom is 0.267 e. The number of benzene rings is 3. The fourth-order valence-electron chi connectivity index (χ4n) is 4.36. The molecule has 2 atom stereocenters. The molecule has 1 aromatic heterocycles. The van der Waals surface area contributed by atoms with E-state index in [1.165, 1.54) is 27.1 Å². The topological polar surface area (TPSA) is 59.4 Å². The average Bonchev–Trinajstić information content (AvgIpc) is 3.17. The number of fused-ring (bicyclic) bond motifs is 1. The van der Waals surface area contributed by atoms with Crippen molar-refractivity contribution in [1.82, 2.24) is 4.57 Å². The molecule has 0 saturated heterocycles. The predicted molar refractivity (Wildman–Crippen MR) is 136 cm³/mol. The fraction of sp³-hybridized carbons (Fsp3) is 0.0800. The number of nitrogens with zero attached hydrogens (tertiary/aromatic N) is 2. The van der Waals surface area contributed by atoms with Gasteiger partial charge in [-0.25, -0.2) is 12.7 Å². The molecule has 1 aliphatic rings. The van der Waals surface area contributed by atoms with Crippen LogP contribution in [0.1, 0.15) is 23.2 Å². The van der Waals surface area contributed by atoms with Gasteiger partial charge in [0, 0.05) is 16.1 Å². The minimum atomic E-state index is -4.17. The van der Waals surface area contributed by atoms with E-state index >= 15 is 0 Å². The first-order valence-corrected chi connectivity index (χ1v) is 12.9. The maximum absolute atomic E-state index is 14.1. The Morgan fingerprint density at radius 2 is 1.21 bits per heavy atom. The number of hydrogen-bond donors (Lipinski definition) is 0. The summed E-state index contributed by atoms with van der Waals surface area (Å²) in [6.07, 6.45) is 0. The molecule has 5 nitrogen and oxygen atoms in total. The smallest absolute Gasteiger partial charge is 0.267 e. The van der Waals surface area contributed by atoms with Gasteiger partial charge in [0.05, 0.1) is 17.1 Å². The molecule has 0 aliphatic carbocycles. The zero-order chi connectivity index (χ0) is 24.0. The maximum atomic E-state index is 14.1. The zero-order valence-electron chi connectivity index (χ0n) is 17.5. The second kappa shape index (κ2) is 8.78. The van der Waals surface area contributed by atoms with Crippen molar-refractivity contribution in [1.29, 1.82) is 0 Å². The quantitative estimate of drug-likeness (QED) is 0.308. The lowest BCUT2D eigenvalue weighted by Crippen LogP contribution is -2.34. The van der Waals surface area contributed by atoms with Crippen LogP contribution >= 0.6 is 34.8 Å². The summed E-state index contributed by atoms with van der Waals surface area (Å²) < 4.78 is 31.0. The molecule has 1 aliphatic heterocycles. The fourth-order valence-corrected chi connectivity index (χ4v) is 6.75. The highest BCUT2D eigenvalue weighted by molar-refractivity contribution is 7.93. The highest BCUT2D eigenvalue weighted by atomic mass is 35.5. The molecule has 5 rings (SSSR count). The monoisotopic (exact) mass is 530 g/mol. The molecular weight excluding hydrogens is 515 g/mol. The molecule has 0 bridgehead atoms. The van der Waals surface area contributed by atoms with E-state index in [-0.39, 0.29) is 21.3 Å². The van der Waals surface area contributed by atoms with Crippen molar-refractivity contribution in [3.8, 4) is 0 Å². The highest BCUT2D eigenvalue weighted by Crippen LogP contribution is 2.49. The normalized spacial score (nSPS) is 17.6. The summed E-state index contributed by atoms with van der Waals surface area (Å²) in [6.45, 7) is 0. The molecule has 0 unspecified atom stereocenters. The summed E-state index contributed by atoms with van der Waals surface area (Å²) in [4.78, 5) is 13.1. The summed E-state index contributed by atoms with van der Waals surface area (Å²) in [6, 6.07) is 23.4. The van der Waals surface area contributed by atoms with Crippen LogP contribution in [0.3, 0.4) is 0 Å². The van der Waals surface area contributed by atoms with Gasteiger partial charge in [-0.2, -0.15) is 0 Å². The van der Waals surface area contributed by atoms with Gasteiger partial charge in [-0.3, -0.25) is 9.36 Å². The molecule has 0 spiro atoms. The van der Waals surface area contributed by atoms with Gasteiger partial charge in [0.15, 0.2) is 0 Å². The second-order valence-corrected chi connectivity index (χ2v) is 10.9. The van der Waals surface area contributed by atoms with Gasteiger partial charge in [-0.05, 0) is 53.6 Å². The van der Waals surface area contributed by atoms with Crippen molar-refractivity contribution in [2.24, 2.45) is 0 Å². The molecule has 0 fully saturated rings. The van der Waals surface area contributed by atoms with Gasteiger partial charge in [0.25, 0.3) is 15.6 Å². The molecule has 34 heavy (non-hydrogen) atoms. The van der Waals surface area contributed by atoms with Gasteiger partial charge in [-0.15, -0.1) is 0 Å². The van der Waals surface area contributed by atoms with Crippen molar-refractivity contribution in [3.63, 3.8) is 0 Å². The summed E-state index contributed by atoms with van der Waals surface area (Å²) in [7, 11) is -4.17. The Morgan fingerprint density at radius 1 is 0.647 bits per heavy atom. The number of halogens is 3. The summed E-state index contributed by atoms with van der Waals surface area (Å²) >= 11 is 18.6. The molecule has 3 aromatic carbocycles. The molecule has 4 aromatic rings. The number of pyridine rings is 1. The zero-order valence-corrected chi connectivity index (χ0v) is 20.6. The van der Waals surface area contributed by atoms with Crippen LogP contribution in [-0.4, -0.2) is 13.0 Å². The number of rotatable bonds is 4. The van der Waals surface area contributed by atoms with E-state index in [0.29, 0.717) is 15.6 Å². The van der Waals surface area contributed by atoms with Gasteiger partial charge < -0.3 is 0 Å². The van der Waals surface area contributed by atoms with Crippen molar-refractivity contribution in [2.45, 2.75) is 17.0 Å². The van der Waals surface area contributed by atoms with Crippen LogP contribution in [-0.2, 0) is 10.0 Å². The van der Waals surface area contributed by atoms with Crippen LogP contribution in [0, 0.1) is 0 Å². The van der Waals surface area contributed by atoms with Crippen LogP contribution in [0.25, 0.3) is 0 Å². The Morgan fingerprint density at radius 3 is 1.79 bits per heavy atom. The standard InChI is InChI=1S/C25H17Cl3N2O3S/c26-18-12-8-16(9-13-18)24-25(17-10-14-19(27)15-11-17)30(22-6-3-7-23(31)29(22)24)34(32,33)21-5-2-1-4-20(21)28/h1-15,24-25H/t24-,25+/m1/s1. The van der Waals surface area contributed by atoms with Gasteiger partial charge in [0.1, 0.15) is 10.7 Å². The number of sulfonamides is 1. The van der Waals surface area contributed by atoms with E-state index in [1.807, 2.05) is 0 Å². The third kappa shape index (κ3) is 3.81. The Hall–Kier alpha value is -2.77. The molecule has 0 saturated carbocycles.